The van der Waals surface area contributed by atoms with Gasteiger partial charge in [-0.3, -0.25) is 0 Å². The van der Waals surface area contributed by atoms with Crippen molar-refractivity contribution in [2.45, 2.75) is 247 Å². The molecule has 0 saturated heterocycles. The summed E-state index contributed by atoms with van der Waals surface area (Å²) in [5, 5.41) is 12.3. The second-order valence-corrected chi connectivity index (χ2v) is 26.7. The average Bonchev–Trinajstić information content (AvgIpc) is 3.24. The summed E-state index contributed by atoms with van der Waals surface area (Å²) in [7, 11) is -0.0930. The quantitative estimate of drug-likeness (QED) is 0.165. The van der Waals surface area contributed by atoms with Gasteiger partial charge in [0.25, 0.3) is 0 Å². The summed E-state index contributed by atoms with van der Waals surface area (Å²) in [6, 6.07) is 17.4. The molecule has 6 heteroatoms. The fraction of sp³-hybridized carbons (Fsp3) is 0.784. The Morgan fingerprint density at radius 1 is 0.474 bits per heavy atom. The van der Waals surface area contributed by atoms with E-state index in [4.69, 9.17) is 0 Å². The Bertz CT molecular complexity index is 1110. The van der Waals surface area contributed by atoms with E-state index in [1.54, 1.807) is 213 Å². The zero-order chi connectivity index (χ0) is 38.7. The smallest absolute Gasteiger partial charge is 0.0680 e. The van der Waals surface area contributed by atoms with Crippen LogP contribution < -0.4 is 5.11 Å². The van der Waals surface area contributed by atoms with Gasteiger partial charge in [-0.1, -0.05) is 71.4 Å². The number of hydrogen-bond acceptors (Lipinski definition) is 2. The first-order valence-electron chi connectivity index (χ1n) is 24.1. The van der Waals surface area contributed by atoms with Crippen LogP contribution in [0.25, 0.3) is 10.8 Å². The molecule has 0 atom stereocenters. The van der Waals surface area contributed by atoms with Crippen molar-refractivity contribution in [3.63, 3.8) is 0 Å². The number of carbonyl (C=O) groups excluding carboxylic acids is 1. The number of carboxylic acid groups (broad SMARTS) is 1. The first-order valence-corrected chi connectivity index (χ1v) is 27.6. The normalized spacial score (nSPS) is 22.4. The second-order valence-electron chi connectivity index (χ2n) is 19.8. The third kappa shape index (κ3) is 17.7. The maximum Gasteiger partial charge on any atom is 0.0680 e. The monoisotopic (exact) mass is 906 g/mol. The summed E-state index contributed by atoms with van der Waals surface area (Å²) in [6.07, 6.45) is 47.6. The summed E-state index contributed by atoms with van der Waals surface area (Å²) in [5.41, 5.74) is 6.67. The summed E-state index contributed by atoms with van der Waals surface area (Å²) in [6.45, 7) is 4.80. The van der Waals surface area contributed by atoms with E-state index < -0.39 is 11.4 Å². The number of hydrogen-bond donors (Lipinski definition) is 0. The number of rotatable bonds is 6. The molecule has 6 fully saturated rings. The predicted molar refractivity (Wildman–Crippen MR) is 245 cm³/mol. The molecule has 8 rings (SSSR count). The van der Waals surface area contributed by atoms with Crippen molar-refractivity contribution >= 4 is 32.6 Å². The van der Waals surface area contributed by atoms with Crippen molar-refractivity contribution < 1.29 is 42.9 Å². The molecule has 6 saturated carbocycles. The largest absolute Gasteiger partial charge is 0.550 e. The van der Waals surface area contributed by atoms with Crippen LogP contribution in [0.5, 0.6) is 0 Å². The molecule has 0 radical (unpaired) electrons. The molecule has 0 bridgehead atoms. The topological polar surface area (TPSA) is 40.1 Å². The van der Waals surface area contributed by atoms with E-state index in [1.807, 2.05) is 24.3 Å². The first-order chi connectivity index (χ1) is 26.8. The van der Waals surface area contributed by atoms with E-state index >= 15 is 0 Å². The molecule has 0 aliphatic heterocycles. The number of carbonyl (C=O) groups is 1. The van der Waals surface area contributed by atoms with Crippen molar-refractivity contribution in [2.24, 2.45) is 5.41 Å². The van der Waals surface area contributed by atoms with Crippen LogP contribution >= 0.6 is 15.8 Å². The fourth-order valence-corrected chi connectivity index (χ4v) is 22.1. The molecule has 2 aromatic rings. The van der Waals surface area contributed by atoms with Gasteiger partial charge < -0.3 is 9.90 Å². The maximum atomic E-state index is 9.91. The van der Waals surface area contributed by atoms with Crippen LogP contribution in [0, 0.1) is 11.5 Å². The van der Waals surface area contributed by atoms with Crippen molar-refractivity contribution in [2.75, 3.05) is 0 Å². The molecular weight excluding hydrogens is 824 g/mol. The SMILES string of the molecule is C1CCC([PH+](C2CCCCC2)C2CCCCC2)CC1.C1CCC([PH+](C2CCCCC2)C2CCCCC2)CC1.CC(C)(C)C(=O)[O-].[Ni].[Ni].[c-]1cccc2ccccc12. The van der Waals surface area contributed by atoms with E-state index in [1.165, 1.54) is 44.7 Å². The molecule has 2 nitrogen and oxygen atoms in total. The summed E-state index contributed by atoms with van der Waals surface area (Å²) in [4.78, 5) is 9.91. The second kappa shape index (κ2) is 28.6. The predicted octanol–water partition coefficient (Wildman–Crippen LogP) is 14.8. The van der Waals surface area contributed by atoms with Crippen molar-refractivity contribution in [1.82, 2.24) is 0 Å². The minimum absolute atomic E-state index is 0. The Morgan fingerprint density at radius 2 is 0.719 bits per heavy atom. The molecule has 0 heterocycles. The Balaban J connectivity index is 0.000000215. The number of benzene rings is 2. The molecule has 57 heavy (non-hydrogen) atoms. The van der Waals surface area contributed by atoms with Gasteiger partial charge in [0.15, 0.2) is 0 Å². The van der Waals surface area contributed by atoms with Gasteiger partial charge >= 0.3 is 0 Å². The third-order valence-corrected chi connectivity index (χ3v) is 23.8. The Morgan fingerprint density at radius 3 is 0.965 bits per heavy atom. The van der Waals surface area contributed by atoms with Gasteiger partial charge in [0, 0.05) is 60.2 Å². The number of carboxylic acids is 1. The first kappa shape index (κ1) is 51.4. The standard InChI is InChI=1S/2C18H33P.C10H7.C5H10O2.2Ni/c2*1-4-10-16(11-5-1)19(17-12-6-2-7-13-17)18-14-8-3-9-15-18;1-2-6-10-8-4-3-7-9(10)5-1;1-5(2,3)4(6)7;;/h2*16-18H,1-15H2;1-7H;1-3H3,(H,6,7);;/q;;-1;;;/p+1. The van der Waals surface area contributed by atoms with Crippen molar-refractivity contribution in [3.8, 4) is 0 Å². The molecule has 0 N–H and O–H groups in total. The Labute approximate surface area is 374 Å². The molecule has 330 valence electrons. The zero-order valence-electron chi connectivity index (χ0n) is 36.7. The van der Waals surface area contributed by atoms with Crippen molar-refractivity contribution in [1.29, 1.82) is 0 Å². The molecule has 0 unspecified atom stereocenters. The van der Waals surface area contributed by atoms with Crippen LogP contribution in [-0.4, -0.2) is 39.9 Å². The summed E-state index contributed by atoms with van der Waals surface area (Å²) in [5.74, 6) is -1.01. The molecule has 0 spiro atoms. The molecule has 6 aliphatic rings. The average molecular weight is 909 g/mol. The molecule has 0 amide bonds. The Kier molecular flexibility index (Phi) is 25.8. The summed E-state index contributed by atoms with van der Waals surface area (Å²) >= 11 is 0. The molecule has 2 aromatic carbocycles. The van der Waals surface area contributed by atoms with Crippen LogP contribution in [0.15, 0.2) is 42.5 Å². The van der Waals surface area contributed by atoms with Gasteiger partial charge in [-0.05, 0) is 154 Å². The van der Waals surface area contributed by atoms with Gasteiger partial charge in [-0.2, -0.15) is 0 Å². The van der Waals surface area contributed by atoms with E-state index in [0.29, 0.717) is 0 Å². The summed E-state index contributed by atoms with van der Waals surface area (Å²) < 4.78 is 0. The minimum atomic E-state index is -1.01. The maximum absolute atomic E-state index is 9.91. The van der Waals surface area contributed by atoms with E-state index in [9.17, 15) is 9.90 Å². The Hall–Kier alpha value is 0.0170. The fourth-order valence-electron chi connectivity index (χ4n) is 11.7. The number of fused-ring (bicyclic) bond motifs is 1. The van der Waals surface area contributed by atoms with Crippen LogP contribution in [-0.2, 0) is 37.8 Å². The van der Waals surface area contributed by atoms with Crippen LogP contribution in [0.4, 0.5) is 0 Å². The van der Waals surface area contributed by atoms with Gasteiger partial charge in [0.05, 0.1) is 34.0 Å². The van der Waals surface area contributed by atoms with Gasteiger partial charge in [-0.25, -0.2) is 0 Å². The molecular formula is C51H84Ni2O2P2. The van der Waals surface area contributed by atoms with Crippen LogP contribution in [0.2, 0.25) is 0 Å². The van der Waals surface area contributed by atoms with Crippen LogP contribution in [0.3, 0.4) is 0 Å². The molecule has 6 aliphatic carbocycles. The van der Waals surface area contributed by atoms with Gasteiger partial charge in [0.2, 0.25) is 0 Å². The van der Waals surface area contributed by atoms with Crippen molar-refractivity contribution in [3.05, 3.63) is 48.5 Å². The minimum Gasteiger partial charge on any atom is -0.550 e. The third-order valence-electron chi connectivity index (χ3n) is 14.6. The molecule has 0 aromatic heterocycles. The van der Waals surface area contributed by atoms with Crippen LogP contribution in [0.1, 0.15) is 213 Å². The van der Waals surface area contributed by atoms with Gasteiger partial charge in [0.1, 0.15) is 0 Å². The van der Waals surface area contributed by atoms with E-state index in [2.05, 4.69) is 24.3 Å². The van der Waals surface area contributed by atoms with Gasteiger partial charge in [-0.15, -0.1) is 47.2 Å². The van der Waals surface area contributed by atoms with E-state index in [0.717, 1.165) is 0 Å². The van der Waals surface area contributed by atoms with E-state index in [-0.39, 0.29) is 48.8 Å². The number of aliphatic carboxylic acids is 1. The zero-order valence-corrected chi connectivity index (χ0v) is 40.6.